The first-order valence-corrected chi connectivity index (χ1v) is 18.2. The number of hydrogen-bond donors (Lipinski definition) is 1. The Balaban J connectivity index is 1.25. The van der Waals surface area contributed by atoms with E-state index < -0.39 is 40.5 Å². The molecule has 0 spiro atoms. The number of nitrogens with zero attached hydrogens (tertiary/aromatic N) is 4. The Kier molecular flexibility index (Phi) is 7.15. The van der Waals surface area contributed by atoms with Gasteiger partial charge in [-0.15, -0.1) is 11.3 Å². The van der Waals surface area contributed by atoms with Gasteiger partial charge in [0.2, 0.25) is 23.6 Å². The number of phenols is 1. The van der Waals surface area contributed by atoms with E-state index in [0.29, 0.717) is 28.5 Å². The molecule has 3 fully saturated rings. The second kappa shape index (κ2) is 10.9. The molecule has 2 aliphatic heterocycles. The summed E-state index contributed by atoms with van der Waals surface area (Å²) in [4.78, 5) is 61.3. The minimum absolute atomic E-state index is 0.134. The van der Waals surface area contributed by atoms with Crippen LogP contribution in [0.1, 0.15) is 63.1 Å². The summed E-state index contributed by atoms with van der Waals surface area (Å²) in [5.74, 6) is -3.38. The highest BCUT2D eigenvalue weighted by atomic mass is 35.5. The number of amides is 4. The second-order valence-electron chi connectivity index (χ2n) is 15.6. The van der Waals surface area contributed by atoms with Crippen LogP contribution in [0.5, 0.6) is 5.75 Å². The highest BCUT2D eigenvalue weighted by Gasteiger charge is 2.68. The Hall–Kier alpha value is -4.28. The van der Waals surface area contributed by atoms with E-state index in [9.17, 15) is 24.3 Å². The smallest absolute Gasteiger partial charge is 0.242 e. The Morgan fingerprint density at radius 3 is 2.42 bits per heavy atom. The highest BCUT2D eigenvalue weighted by molar-refractivity contribution is 7.22. The van der Waals surface area contributed by atoms with Crippen LogP contribution in [0.15, 0.2) is 54.1 Å². The van der Waals surface area contributed by atoms with Gasteiger partial charge in [-0.05, 0) is 107 Å². The molecule has 0 radical (unpaired) electrons. The molecule has 4 aliphatic rings. The molecule has 258 valence electrons. The second-order valence-corrected chi connectivity index (χ2v) is 17.1. The molecule has 9 nitrogen and oxygen atoms in total. The molecule has 4 aromatic rings. The zero-order chi connectivity index (χ0) is 35.8. The van der Waals surface area contributed by atoms with E-state index in [2.05, 4.69) is 6.08 Å². The number of aromatic nitrogens is 2. The normalized spacial score (nSPS) is 28.0. The predicted octanol–water partition coefficient (Wildman–Crippen LogP) is 7.31. The van der Waals surface area contributed by atoms with E-state index in [1.165, 1.54) is 9.80 Å². The molecule has 1 N–H and O–H groups in total. The molecule has 8 rings (SSSR count). The molecule has 4 amide bonds. The van der Waals surface area contributed by atoms with Crippen molar-refractivity contribution in [1.29, 1.82) is 0 Å². The van der Waals surface area contributed by atoms with Gasteiger partial charge >= 0.3 is 0 Å². The van der Waals surface area contributed by atoms with Gasteiger partial charge in [0.25, 0.3) is 0 Å². The summed E-state index contributed by atoms with van der Waals surface area (Å²) < 4.78 is 2.65. The summed E-state index contributed by atoms with van der Waals surface area (Å²) in [5, 5.41) is 16.9. The van der Waals surface area contributed by atoms with Crippen LogP contribution < -0.4 is 4.90 Å². The Labute approximate surface area is 299 Å². The van der Waals surface area contributed by atoms with Crippen molar-refractivity contribution in [2.45, 2.75) is 65.8 Å². The molecule has 4 heterocycles. The van der Waals surface area contributed by atoms with Crippen molar-refractivity contribution in [2.75, 3.05) is 4.90 Å². The maximum Gasteiger partial charge on any atom is 0.242 e. The first kappa shape index (κ1) is 32.9. The van der Waals surface area contributed by atoms with Crippen molar-refractivity contribution in [3.05, 3.63) is 75.8 Å². The maximum atomic E-state index is 15.0. The number of thiophene rings is 1. The van der Waals surface area contributed by atoms with Crippen LogP contribution in [0.3, 0.4) is 0 Å². The third-order valence-electron chi connectivity index (χ3n) is 11.7. The third kappa shape index (κ3) is 4.40. The number of hydrogen-bond acceptors (Lipinski definition) is 7. The number of allylic oxidation sites excluding steroid dienone is 2. The number of phenolic OH excluding ortho intramolecular Hbond substituents is 1. The number of carbonyl (C=O) groups is 4. The number of anilines is 1. The summed E-state index contributed by atoms with van der Waals surface area (Å²) in [6, 6.07) is 12.9. The lowest BCUT2D eigenvalue weighted by Gasteiger charge is -2.49. The molecule has 6 atom stereocenters. The summed E-state index contributed by atoms with van der Waals surface area (Å²) in [6.45, 7) is 11.3. The largest absolute Gasteiger partial charge is 0.508 e. The third-order valence-corrected chi connectivity index (χ3v) is 13.2. The summed E-state index contributed by atoms with van der Waals surface area (Å²) in [6.07, 6.45) is 2.71. The molecule has 0 unspecified atom stereocenters. The molecule has 2 aromatic heterocycles. The first-order valence-electron chi connectivity index (χ1n) is 17.0. The van der Waals surface area contributed by atoms with Gasteiger partial charge in [0, 0.05) is 34.3 Å². The first-order chi connectivity index (χ1) is 23.5. The quantitative estimate of drug-likeness (QED) is 0.176. The maximum absolute atomic E-state index is 15.0. The van der Waals surface area contributed by atoms with Gasteiger partial charge in [0.05, 0.1) is 28.0 Å². The van der Waals surface area contributed by atoms with Gasteiger partial charge < -0.3 is 5.11 Å². The minimum Gasteiger partial charge on any atom is -0.508 e. The van der Waals surface area contributed by atoms with E-state index in [-0.39, 0.29) is 35.8 Å². The van der Waals surface area contributed by atoms with Gasteiger partial charge in [-0.2, -0.15) is 5.10 Å². The van der Waals surface area contributed by atoms with Crippen molar-refractivity contribution in [3.63, 3.8) is 0 Å². The van der Waals surface area contributed by atoms with Gasteiger partial charge in [0.1, 0.15) is 17.3 Å². The predicted molar refractivity (Wildman–Crippen MR) is 193 cm³/mol. The standard InChI is InChI=1S/C39H39ClN4O5S/c1-18-14-20(8-12-28(18)45)32-22-10-11-23-31(36(48)44(34(23)46)38(3,4)5)25(22)16-26-35(47)43(37(49)39(26,32)6)30-17-27(41-42(30)7)33-19(2)24-15-21(40)9-13-29(24)50-33/h8-10,12-15,17,23,25-26,31-32,45H,11,16H2,1-7H3/t23-,25+,26-,31-,32-,39+/m0/s1. The van der Waals surface area contributed by atoms with Crippen LogP contribution in [0, 0.1) is 42.9 Å². The monoisotopic (exact) mass is 710 g/mol. The lowest BCUT2D eigenvalue weighted by Crippen LogP contribution is -2.49. The molecule has 50 heavy (non-hydrogen) atoms. The number of benzene rings is 2. The number of rotatable bonds is 3. The lowest BCUT2D eigenvalue weighted by molar-refractivity contribution is -0.145. The van der Waals surface area contributed by atoms with Gasteiger partial charge in [-0.25, -0.2) is 4.90 Å². The topological polar surface area (TPSA) is 113 Å². The zero-order valence-corrected chi connectivity index (χ0v) is 30.6. The van der Waals surface area contributed by atoms with Crippen LogP contribution in [0.2, 0.25) is 5.02 Å². The van der Waals surface area contributed by atoms with E-state index in [1.807, 2.05) is 65.0 Å². The van der Waals surface area contributed by atoms with Crippen LogP contribution in [-0.2, 0) is 26.2 Å². The Morgan fingerprint density at radius 2 is 1.72 bits per heavy atom. The van der Waals surface area contributed by atoms with E-state index in [1.54, 1.807) is 42.1 Å². The summed E-state index contributed by atoms with van der Waals surface area (Å²) in [5.41, 5.74) is 2.15. The van der Waals surface area contributed by atoms with Crippen molar-refractivity contribution in [1.82, 2.24) is 14.7 Å². The number of aromatic hydroxyl groups is 1. The van der Waals surface area contributed by atoms with Gasteiger partial charge in [0.15, 0.2) is 0 Å². The molecule has 11 heteroatoms. The molecule has 2 aromatic carbocycles. The fourth-order valence-corrected chi connectivity index (χ4v) is 10.7. The molecular weight excluding hydrogens is 672 g/mol. The molecule has 0 bridgehead atoms. The number of carbonyl (C=O) groups excluding carboxylic acids is 4. The lowest BCUT2D eigenvalue weighted by atomic mass is 9.51. The van der Waals surface area contributed by atoms with Gasteiger partial charge in [-0.3, -0.25) is 28.8 Å². The Bertz CT molecular complexity index is 2230. The summed E-state index contributed by atoms with van der Waals surface area (Å²) in [7, 11) is 1.74. The fraction of sp³-hybridized carbons (Fsp3) is 0.410. The highest BCUT2D eigenvalue weighted by Crippen LogP contribution is 2.64. The van der Waals surface area contributed by atoms with Crippen molar-refractivity contribution in [2.24, 2.45) is 36.1 Å². The van der Waals surface area contributed by atoms with E-state index >= 15 is 0 Å². The van der Waals surface area contributed by atoms with Crippen LogP contribution in [0.4, 0.5) is 5.82 Å². The Morgan fingerprint density at radius 1 is 0.980 bits per heavy atom. The van der Waals surface area contributed by atoms with Crippen molar-refractivity contribution >= 4 is 62.5 Å². The van der Waals surface area contributed by atoms with Crippen LogP contribution >= 0.6 is 22.9 Å². The van der Waals surface area contributed by atoms with E-state index in [0.717, 1.165) is 31.7 Å². The number of likely N-dealkylation sites (tertiary alicyclic amines) is 1. The van der Waals surface area contributed by atoms with Crippen LogP contribution in [-0.4, -0.2) is 49.0 Å². The average molecular weight is 711 g/mol. The van der Waals surface area contributed by atoms with Crippen LogP contribution in [0.25, 0.3) is 20.7 Å². The minimum atomic E-state index is -1.19. The fourth-order valence-electron chi connectivity index (χ4n) is 9.35. The zero-order valence-electron chi connectivity index (χ0n) is 29.1. The summed E-state index contributed by atoms with van der Waals surface area (Å²) >= 11 is 7.89. The number of halogens is 1. The molecule has 2 aliphatic carbocycles. The van der Waals surface area contributed by atoms with Crippen molar-refractivity contribution in [3.8, 4) is 16.3 Å². The van der Waals surface area contributed by atoms with Crippen molar-refractivity contribution < 1.29 is 24.3 Å². The van der Waals surface area contributed by atoms with Gasteiger partial charge in [-0.1, -0.05) is 35.4 Å². The molecular formula is C39H39ClN4O5S. The number of fused-ring (bicyclic) bond motifs is 5. The molecule has 2 saturated heterocycles. The molecule has 1 saturated carbocycles. The SMILES string of the molecule is Cc1cc([C@H]2C3=CC[C@@H]4C(=O)N(C(C)(C)C)C(=O)[C@@H]4[C@@H]3C[C@H]3C(=O)N(c4cc(-c5sc6ccc(Cl)cc6c5C)nn4C)C(=O)[C@@]23C)ccc1O. The average Bonchev–Trinajstić information content (AvgIpc) is 3.72. The van der Waals surface area contributed by atoms with E-state index in [4.69, 9.17) is 16.7 Å². The number of imide groups is 2. The number of aryl methyl sites for hydroxylation is 3.